The molecule has 63 valence electrons. The molecule has 0 spiro atoms. The monoisotopic (exact) mass is 200 g/mol. The molecule has 1 amide bonds. The maximum atomic E-state index is 9.97. The van der Waals surface area contributed by atoms with E-state index in [1.54, 1.807) is 12.5 Å². The average molecular weight is 200 g/mol. The molecular weight excluding hydrogens is 194 g/mol. The predicted molar refractivity (Wildman–Crippen MR) is 50.1 cm³/mol. The van der Waals surface area contributed by atoms with Crippen molar-refractivity contribution in [1.29, 1.82) is 0 Å². The Morgan fingerprint density at radius 2 is 2.67 bits per heavy atom. The summed E-state index contributed by atoms with van der Waals surface area (Å²) in [6.45, 7) is 3.58. The lowest BCUT2D eigenvalue weighted by Gasteiger charge is -1.93. The molecule has 1 aromatic rings. The molecule has 1 heterocycles. The molecule has 0 saturated carbocycles. The molecule has 12 heavy (non-hydrogen) atoms. The summed E-state index contributed by atoms with van der Waals surface area (Å²) in [5, 5.41) is 6.04. The second-order valence-corrected chi connectivity index (χ2v) is 3.78. The summed E-state index contributed by atoms with van der Waals surface area (Å²) >= 11 is 2.77. The Balaban J connectivity index is 2.62. The van der Waals surface area contributed by atoms with Crippen molar-refractivity contribution in [2.45, 2.75) is 4.21 Å². The minimum absolute atomic E-state index is 0.474. The van der Waals surface area contributed by atoms with Crippen molar-refractivity contribution in [3.63, 3.8) is 0 Å². The van der Waals surface area contributed by atoms with Gasteiger partial charge in [0, 0.05) is 5.75 Å². The quantitative estimate of drug-likeness (QED) is 0.442. The Hall–Kier alpha value is -0.880. The first-order valence-corrected chi connectivity index (χ1v) is 4.83. The number of rotatable bonds is 5. The fourth-order valence-corrected chi connectivity index (χ4v) is 1.92. The van der Waals surface area contributed by atoms with Crippen LogP contribution in [0.1, 0.15) is 0 Å². The van der Waals surface area contributed by atoms with Gasteiger partial charge in [-0.1, -0.05) is 10.6 Å². The van der Waals surface area contributed by atoms with Gasteiger partial charge in [-0.05, 0) is 11.5 Å². The number of nitrogens with zero attached hydrogens (tertiary/aromatic N) is 2. The molecule has 0 bridgehead atoms. The summed E-state index contributed by atoms with van der Waals surface area (Å²) in [7, 11) is 0. The first kappa shape index (κ1) is 9.21. The number of hydrogen-bond acceptors (Lipinski definition) is 5. The van der Waals surface area contributed by atoms with Gasteiger partial charge in [-0.2, -0.15) is 0 Å². The van der Waals surface area contributed by atoms with Crippen LogP contribution in [0.5, 0.6) is 0 Å². The van der Waals surface area contributed by atoms with Crippen LogP contribution in [-0.4, -0.2) is 21.7 Å². The van der Waals surface area contributed by atoms with Crippen LogP contribution in [0, 0.1) is 0 Å². The van der Waals surface area contributed by atoms with Crippen LogP contribution in [0.15, 0.2) is 16.9 Å². The van der Waals surface area contributed by atoms with Gasteiger partial charge in [-0.25, -0.2) is 0 Å². The molecule has 1 rings (SSSR count). The van der Waals surface area contributed by atoms with Crippen LogP contribution < -0.4 is 5.32 Å². The topological polar surface area (TPSA) is 54.9 Å². The third-order valence-corrected chi connectivity index (χ3v) is 2.92. The maximum absolute atomic E-state index is 9.97. The second-order valence-electron chi connectivity index (χ2n) is 1.74. The first-order valence-electron chi connectivity index (χ1n) is 3.07. The number of thioether (sulfide) groups is 1. The first-order chi connectivity index (χ1) is 5.88. The fourth-order valence-electron chi connectivity index (χ4n) is 0.536. The lowest BCUT2D eigenvalue weighted by molar-refractivity contribution is 0.560. The minimum atomic E-state index is 0.474. The van der Waals surface area contributed by atoms with E-state index in [-0.39, 0.29) is 0 Å². The summed E-state index contributed by atoms with van der Waals surface area (Å²) in [4.78, 5) is 9.97. The zero-order valence-corrected chi connectivity index (χ0v) is 7.74. The van der Waals surface area contributed by atoms with Gasteiger partial charge < -0.3 is 0 Å². The molecule has 0 aliphatic heterocycles. The Morgan fingerprint density at radius 3 is 3.33 bits per heavy atom. The number of hydrogen-bond donors (Lipinski definition) is 1. The summed E-state index contributed by atoms with van der Waals surface area (Å²) in [6, 6.07) is 0. The van der Waals surface area contributed by atoms with E-state index >= 15 is 0 Å². The van der Waals surface area contributed by atoms with Crippen molar-refractivity contribution >= 4 is 35.5 Å². The van der Waals surface area contributed by atoms with Crippen LogP contribution in [0.2, 0.25) is 0 Å². The highest BCUT2D eigenvalue weighted by atomic mass is 32.2. The van der Waals surface area contributed by atoms with Crippen molar-refractivity contribution in [1.82, 2.24) is 9.59 Å². The maximum Gasteiger partial charge on any atom is 0.315 e. The number of carbonyl (C=O) groups excluding carboxylic acids is 1. The molecule has 6 heteroatoms. The van der Waals surface area contributed by atoms with Crippen LogP contribution in [0.4, 0.5) is 5.82 Å². The van der Waals surface area contributed by atoms with Crippen molar-refractivity contribution in [3.05, 3.63) is 12.7 Å². The SMILES string of the molecule is C=CCSc1snnc1N[C]=O. The van der Waals surface area contributed by atoms with E-state index in [0.717, 1.165) is 9.96 Å². The minimum Gasteiger partial charge on any atom is -0.299 e. The van der Waals surface area contributed by atoms with Gasteiger partial charge in [-0.15, -0.1) is 23.4 Å². The highest BCUT2D eigenvalue weighted by Gasteiger charge is 2.06. The second kappa shape index (κ2) is 4.89. The van der Waals surface area contributed by atoms with E-state index in [1.165, 1.54) is 23.3 Å². The lowest BCUT2D eigenvalue weighted by atomic mass is 10.8. The summed E-state index contributed by atoms with van der Waals surface area (Å²) in [5.74, 6) is 1.25. The van der Waals surface area contributed by atoms with Crippen molar-refractivity contribution < 1.29 is 4.79 Å². The van der Waals surface area contributed by atoms with Gasteiger partial charge >= 0.3 is 6.41 Å². The van der Waals surface area contributed by atoms with E-state index in [4.69, 9.17) is 0 Å². The lowest BCUT2D eigenvalue weighted by Crippen LogP contribution is -1.94. The van der Waals surface area contributed by atoms with Crippen LogP contribution in [-0.2, 0) is 4.79 Å². The van der Waals surface area contributed by atoms with Crippen molar-refractivity contribution in [3.8, 4) is 0 Å². The summed E-state index contributed by atoms with van der Waals surface area (Å²) in [6.07, 6.45) is 3.33. The van der Waals surface area contributed by atoms with Crippen LogP contribution in [0.3, 0.4) is 0 Å². The Kier molecular flexibility index (Phi) is 3.75. The van der Waals surface area contributed by atoms with Crippen molar-refractivity contribution in [2.75, 3.05) is 11.1 Å². The molecule has 1 N–H and O–H groups in total. The Morgan fingerprint density at radius 1 is 1.83 bits per heavy atom. The molecule has 0 aromatic carbocycles. The van der Waals surface area contributed by atoms with Gasteiger partial charge in [0.25, 0.3) is 0 Å². The van der Waals surface area contributed by atoms with Gasteiger partial charge in [0.2, 0.25) is 0 Å². The molecular formula is C6H6N3OS2. The average Bonchev–Trinajstić information content (AvgIpc) is 2.50. The predicted octanol–water partition coefficient (Wildman–Crippen LogP) is 1.30. The van der Waals surface area contributed by atoms with E-state index in [9.17, 15) is 4.79 Å². The highest BCUT2D eigenvalue weighted by Crippen LogP contribution is 2.28. The molecule has 1 aromatic heterocycles. The molecule has 0 saturated heterocycles. The molecule has 0 unspecified atom stereocenters. The van der Waals surface area contributed by atoms with Gasteiger partial charge in [0.1, 0.15) is 4.21 Å². The number of amides is 1. The Labute approximate surface area is 78.2 Å². The molecule has 0 atom stereocenters. The van der Waals surface area contributed by atoms with E-state index in [2.05, 4.69) is 21.5 Å². The van der Waals surface area contributed by atoms with Crippen LogP contribution in [0.25, 0.3) is 0 Å². The third kappa shape index (κ3) is 2.31. The van der Waals surface area contributed by atoms with E-state index < -0.39 is 0 Å². The third-order valence-electron chi connectivity index (χ3n) is 0.960. The molecule has 0 fully saturated rings. The molecule has 0 aliphatic rings. The molecule has 1 radical (unpaired) electrons. The molecule has 0 aliphatic carbocycles. The normalized spacial score (nSPS) is 9.33. The van der Waals surface area contributed by atoms with Gasteiger partial charge in [0.15, 0.2) is 5.82 Å². The van der Waals surface area contributed by atoms with Gasteiger partial charge in [-0.3, -0.25) is 10.1 Å². The smallest absolute Gasteiger partial charge is 0.299 e. The number of nitrogens with one attached hydrogen (secondary N) is 1. The van der Waals surface area contributed by atoms with E-state index in [0.29, 0.717) is 5.82 Å². The van der Waals surface area contributed by atoms with Gasteiger partial charge in [0.05, 0.1) is 0 Å². The number of aromatic nitrogens is 2. The zero-order valence-electron chi connectivity index (χ0n) is 6.11. The van der Waals surface area contributed by atoms with Crippen LogP contribution >= 0.6 is 23.3 Å². The standard InChI is InChI=1S/C6H6N3OS2/c1-2-3-11-6-5(7-4-10)8-9-12-6/h2H,1,3H2,(H,7,10). The number of anilines is 1. The van der Waals surface area contributed by atoms with E-state index in [1.807, 2.05) is 0 Å². The summed E-state index contributed by atoms with van der Waals surface area (Å²) in [5.41, 5.74) is 0. The Bertz CT molecular complexity index is 274. The van der Waals surface area contributed by atoms with Crippen molar-refractivity contribution in [2.24, 2.45) is 0 Å². The zero-order chi connectivity index (χ0) is 8.81. The molecule has 4 nitrogen and oxygen atoms in total. The highest BCUT2D eigenvalue weighted by molar-refractivity contribution is 8.01. The summed E-state index contributed by atoms with van der Waals surface area (Å²) < 4.78 is 4.56. The fraction of sp³-hybridized carbons (Fsp3) is 0.167. The largest absolute Gasteiger partial charge is 0.315 e.